The van der Waals surface area contributed by atoms with Gasteiger partial charge in [-0.05, 0) is 49.7 Å². The summed E-state index contributed by atoms with van der Waals surface area (Å²) in [6.07, 6.45) is 2.56. The SMILES string of the molecule is CCCc1nc2ccc(Br)cc2c(=O)n1N=Cc1cc(OCC)c(OCC(=O)Nc2ccccc2)c([N+](=O)[O-])c1. The number of hydrogen-bond donors (Lipinski definition) is 1. The Balaban J connectivity index is 1.68. The van der Waals surface area contributed by atoms with E-state index in [-0.39, 0.29) is 23.7 Å². The normalized spacial score (nSPS) is 11.1. The van der Waals surface area contributed by atoms with Gasteiger partial charge in [-0.15, -0.1) is 0 Å². The van der Waals surface area contributed by atoms with E-state index in [9.17, 15) is 19.7 Å². The summed E-state index contributed by atoms with van der Waals surface area (Å²) in [5.74, 6) is -0.157. The predicted octanol–water partition coefficient (Wildman–Crippen LogP) is 5.32. The first kappa shape index (κ1) is 28.4. The first-order valence-electron chi connectivity index (χ1n) is 12.5. The van der Waals surface area contributed by atoms with Crippen molar-refractivity contribution in [1.82, 2.24) is 9.66 Å². The molecule has 1 amide bonds. The van der Waals surface area contributed by atoms with Gasteiger partial charge in [-0.3, -0.25) is 19.7 Å². The number of aryl methyl sites for hydroxylation is 1. The molecule has 4 rings (SSSR count). The molecule has 206 valence electrons. The predicted molar refractivity (Wildman–Crippen MR) is 156 cm³/mol. The Bertz CT molecular complexity index is 1640. The molecule has 0 aliphatic heterocycles. The number of carbonyl (C=O) groups excluding carboxylic acids is 1. The van der Waals surface area contributed by atoms with Gasteiger partial charge in [-0.2, -0.15) is 9.78 Å². The molecule has 12 heteroatoms. The van der Waals surface area contributed by atoms with Crippen LogP contribution in [0.2, 0.25) is 0 Å². The number of nitro groups is 1. The van der Waals surface area contributed by atoms with E-state index >= 15 is 0 Å². The Morgan fingerprint density at radius 1 is 1.15 bits per heavy atom. The first-order valence-corrected chi connectivity index (χ1v) is 13.3. The molecule has 0 fully saturated rings. The molecule has 0 saturated heterocycles. The Hall–Kier alpha value is -4.58. The zero-order valence-electron chi connectivity index (χ0n) is 21.8. The minimum absolute atomic E-state index is 0.0624. The second-order valence-corrected chi connectivity index (χ2v) is 9.48. The maximum absolute atomic E-state index is 13.3. The number of amides is 1. The molecule has 0 radical (unpaired) electrons. The monoisotopic (exact) mass is 607 g/mol. The number of halogens is 1. The van der Waals surface area contributed by atoms with Crippen molar-refractivity contribution in [2.45, 2.75) is 26.7 Å². The van der Waals surface area contributed by atoms with Crippen LogP contribution in [0.4, 0.5) is 11.4 Å². The van der Waals surface area contributed by atoms with Crippen molar-refractivity contribution in [1.29, 1.82) is 0 Å². The molecule has 3 aromatic carbocycles. The van der Waals surface area contributed by atoms with Crippen molar-refractivity contribution in [3.05, 3.63) is 97.0 Å². The molecule has 40 heavy (non-hydrogen) atoms. The summed E-state index contributed by atoms with van der Waals surface area (Å²) in [4.78, 5) is 41.6. The second-order valence-electron chi connectivity index (χ2n) is 8.56. The molecular formula is C28H26BrN5O6. The maximum atomic E-state index is 13.3. The Labute approximate surface area is 237 Å². The summed E-state index contributed by atoms with van der Waals surface area (Å²) in [6.45, 7) is 3.39. The van der Waals surface area contributed by atoms with Crippen molar-refractivity contribution in [3.63, 3.8) is 0 Å². The zero-order valence-corrected chi connectivity index (χ0v) is 23.4. The average Bonchev–Trinajstić information content (AvgIpc) is 2.93. The van der Waals surface area contributed by atoms with E-state index in [4.69, 9.17) is 9.47 Å². The first-order chi connectivity index (χ1) is 19.3. The lowest BCUT2D eigenvalue weighted by Gasteiger charge is -2.13. The highest BCUT2D eigenvalue weighted by molar-refractivity contribution is 9.10. The molecule has 0 atom stereocenters. The van der Waals surface area contributed by atoms with Crippen LogP contribution in [0.15, 0.2) is 75.0 Å². The number of benzene rings is 3. The lowest BCUT2D eigenvalue weighted by atomic mass is 10.2. The van der Waals surface area contributed by atoms with Crippen LogP contribution in [0, 0.1) is 10.1 Å². The van der Waals surface area contributed by atoms with E-state index in [1.807, 2.05) is 13.0 Å². The molecule has 1 aromatic heterocycles. The lowest BCUT2D eigenvalue weighted by molar-refractivity contribution is -0.385. The summed E-state index contributed by atoms with van der Waals surface area (Å²) in [6, 6.07) is 16.7. The van der Waals surface area contributed by atoms with Gasteiger partial charge in [0.25, 0.3) is 11.5 Å². The number of nitro benzene ring substituents is 1. The highest BCUT2D eigenvalue weighted by atomic mass is 79.9. The molecule has 0 aliphatic carbocycles. The molecule has 4 aromatic rings. The molecule has 0 unspecified atom stereocenters. The van der Waals surface area contributed by atoms with Gasteiger partial charge in [-0.25, -0.2) is 4.98 Å². The van der Waals surface area contributed by atoms with Crippen molar-refractivity contribution >= 4 is 50.3 Å². The van der Waals surface area contributed by atoms with Gasteiger partial charge in [0.2, 0.25) is 5.75 Å². The van der Waals surface area contributed by atoms with Gasteiger partial charge < -0.3 is 14.8 Å². The standard InChI is InChI=1S/C28H26BrN5O6/c1-3-8-25-32-22-12-11-19(29)15-21(22)28(36)33(25)30-16-18-13-23(34(37)38)27(24(14-18)39-4-2)40-17-26(35)31-20-9-6-5-7-10-20/h5-7,9-16H,3-4,8,17H2,1-2H3,(H,31,35). The van der Waals surface area contributed by atoms with Gasteiger partial charge in [-0.1, -0.05) is 41.1 Å². The van der Waals surface area contributed by atoms with Crippen LogP contribution >= 0.6 is 15.9 Å². The number of fused-ring (bicyclic) bond motifs is 1. The number of carbonyl (C=O) groups is 1. The van der Waals surface area contributed by atoms with Gasteiger partial charge in [0.1, 0.15) is 5.82 Å². The van der Waals surface area contributed by atoms with E-state index < -0.39 is 23.1 Å². The molecule has 0 saturated carbocycles. The summed E-state index contributed by atoms with van der Waals surface area (Å²) in [5, 5.41) is 19.4. The Morgan fingerprint density at radius 3 is 2.62 bits per heavy atom. The van der Waals surface area contributed by atoms with E-state index in [1.165, 1.54) is 23.0 Å². The molecule has 1 heterocycles. The maximum Gasteiger partial charge on any atom is 0.315 e. The van der Waals surface area contributed by atoms with E-state index in [0.717, 1.165) is 10.9 Å². The van der Waals surface area contributed by atoms with Crippen molar-refractivity contribution < 1.29 is 19.2 Å². The largest absolute Gasteiger partial charge is 0.490 e. The quantitative estimate of drug-likeness (QED) is 0.138. The van der Waals surface area contributed by atoms with Crippen LogP contribution in [0.1, 0.15) is 31.7 Å². The number of rotatable bonds is 11. The van der Waals surface area contributed by atoms with Crippen LogP contribution in [-0.2, 0) is 11.2 Å². The number of para-hydroxylation sites is 1. The highest BCUT2D eigenvalue weighted by Crippen LogP contribution is 2.38. The number of anilines is 1. The fourth-order valence-electron chi connectivity index (χ4n) is 3.91. The van der Waals surface area contributed by atoms with Crippen LogP contribution in [0.5, 0.6) is 11.5 Å². The number of aromatic nitrogens is 2. The number of hydrogen-bond acceptors (Lipinski definition) is 8. The average molecular weight is 608 g/mol. The second kappa shape index (κ2) is 13.0. The minimum Gasteiger partial charge on any atom is -0.490 e. The molecule has 1 N–H and O–H groups in total. The van der Waals surface area contributed by atoms with Crippen molar-refractivity contribution in [3.8, 4) is 11.5 Å². The molecular weight excluding hydrogens is 582 g/mol. The Kier molecular flexibility index (Phi) is 9.23. The van der Waals surface area contributed by atoms with Gasteiger partial charge in [0.05, 0.1) is 28.6 Å². The lowest BCUT2D eigenvalue weighted by Crippen LogP contribution is -2.22. The third-order valence-corrected chi connectivity index (χ3v) is 6.12. The zero-order chi connectivity index (χ0) is 28.6. The van der Waals surface area contributed by atoms with Crippen LogP contribution < -0.4 is 20.3 Å². The summed E-state index contributed by atoms with van der Waals surface area (Å²) >= 11 is 3.38. The van der Waals surface area contributed by atoms with E-state index in [1.54, 1.807) is 49.4 Å². The van der Waals surface area contributed by atoms with Gasteiger partial charge >= 0.3 is 5.69 Å². The Morgan fingerprint density at radius 2 is 1.93 bits per heavy atom. The summed E-state index contributed by atoms with van der Waals surface area (Å²) in [7, 11) is 0. The number of nitrogens with zero attached hydrogens (tertiary/aromatic N) is 4. The number of ether oxygens (including phenoxy) is 2. The number of nitrogens with one attached hydrogen (secondary N) is 1. The van der Waals surface area contributed by atoms with Crippen LogP contribution in [-0.4, -0.2) is 39.9 Å². The highest BCUT2D eigenvalue weighted by Gasteiger charge is 2.23. The summed E-state index contributed by atoms with van der Waals surface area (Å²) < 4.78 is 13.1. The van der Waals surface area contributed by atoms with Crippen molar-refractivity contribution in [2.24, 2.45) is 5.10 Å². The fraction of sp³-hybridized carbons (Fsp3) is 0.214. The van der Waals surface area contributed by atoms with E-state index in [2.05, 4.69) is 31.3 Å². The fourth-order valence-corrected chi connectivity index (χ4v) is 4.27. The summed E-state index contributed by atoms with van der Waals surface area (Å²) in [5.41, 5.74) is 0.627. The molecule has 0 bridgehead atoms. The third kappa shape index (κ3) is 6.70. The van der Waals surface area contributed by atoms with Crippen LogP contribution in [0.3, 0.4) is 0 Å². The van der Waals surface area contributed by atoms with Gasteiger partial charge in [0.15, 0.2) is 12.4 Å². The van der Waals surface area contributed by atoms with Gasteiger partial charge in [0, 0.05) is 28.2 Å². The molecule has 0 spiro atoms. The topological polar surface area (TPSA) is 138 Å². The molecule has 0 aliphatic rings. The van der Waals surface area contributed by atoms with E-state index in [0.29, 0.717) is 34.4 Å². The smallest absolute Gasteiger partial charge is 0.315 e. The van der Waals surface area contributed by atoms with Crippen molar-refractivity contribution in [2.75, 3.05) is 18.5 Å². The minimum atomic E-state index is -0.631. The third-order valence-electron chi connectivity index (χ3n) is 5.63. The van der Waals surface area contributed by atoms with Crippen LogP contribution in [0.25, 0.3) is 10.9 Å². The molecule has 11 nitrogen and oxygen atoms in total.